The lowest BCUT2D eigenvalue weighted by atomic mass is 10.2. The first-order chi connectivity index (χ1) is 9.61. The third-order valence-electron chi connectivity index (χ3n) is 2.84. The number of hydrogen-bond acceptors (Lipinski definition) is 5. The predicted octanol–water partition coefficient (Wildman–Crippen LogP) is 2.16. The molecule has 0 aliphatic heterocycles. The third kappa shape index (κ3) is 3.14. The van der Waals surface area contributed by atoms with Gasteiger partial charge in [-0.3, -0.25) is 4.79 Å². The Balaban J connectivity index is 2.16. The van der Waals surface area contributed by atoms with Crippen LogP contribution < -0.4 is 10.6 Å². The average molecular weight is 274 g/mol. The van der Waals surface area contributed by atoms with E-state index in [2.05, 4.69) is 20.6 Å². The Bertz CT molecular complexity index is 579. The summed E-state index contributed by atoms with van der Waals surface area (Å²) in [4.78, 5) is 20.8. The Morgan fingerprint density at radius 2 is 2.25 bits per heavy atom. The van der Waals surface area contributed by atoms with Crippen LogP contribution >= 0.6 is 0 Å². The summed E-state index contributed by atoms with van der Waals surface area (Å²) in [5.74, 6) is 0.582. The fraction of sp³-hybridized carbons (Fsp3) is 0.357. The summed E-state index contributed by atoms with van der Waals surface area (Å²) < 4.78 is 4.96. The van der Waals surface area contributed by atoms with Gasteiger partial charge in [0.2, 0.25) is 0 Å². The van der Waals surface area contributed by atoms with Gasteiger partial charge in [0.15, 0.2) is 5.69 Å². The molecule has 1 amide bonds. The highest BCUT2D eigenvalue weighted by Crippen LogP contribution is 2.16. The number of hydrogen-bond donors (Lipinski definition) is 2. The van der Waals surface area contributed by atoms with Gasteiger partial charge < -0.3 is 15.1 Å². The molecule has 106 valence electrons. The van der Waals surface area contributed by atoms with E-state index in [1.165, 1.54) is 0 Å². The standard InChI is InChI=1S/C14H18N4O2/c1-9(2)13-16-7-11(15-3)12(18-13)14(19)17-6-10-4-5-20-8-10/h4-5,7-9,15H,6H2,1-3H3,(H,17,19). The lowest BCUT2D eigenvalue weighted by molar-refractivity contribution is 0.0946. The minimum Gasteiger partial charge on any atom is -0.472 e. The van der Waals surface area contributed by atoms with Gasteiger partial charge in [-0.05, 0) is 6.07 Å². The maximum Gasteiger partial charge on any atom is 0.272 e. The van der Waals surface area contributed by atoms with Crippen LogP contribution in [0.5, 0.6) is 0 Å². The van der Waals surface area contributed by atoms with E-state index in [1.807, 2.05) is 13.8 Å². The van der Waals surface area contributed by atoms with Crippen LogP contribution in [0, 0.1) is 0 Å². The molecular formula is C14H18N4O2. The smallest absolute Gasteiger partial charge is 0.272 e. The van der Waals surface area contributed by atoms with Crippen LogP contribution in [-0.2, 0) is 6.54 Å². The van der Waals surface area contributed by atoms with E-state index in [9.17, 15) is 4.79 Å². The Labute approximate surface area is 117 Å². The molecule has 0 saturated heterocycles. The molecule has 0 bridgehead atoms. The summed E-state index contributed by atoms with van der Waals surface area (Å²) in [6.07, 6.45) is 4.80. The van der Waals surface area contributed by atoms with Crippen molar-refractivity contribution in [3.63, 3.8) is 0 Å². The highest BCUT2D eigenvalue weighted by molar-refractivity contribution is 5.97. The van der Waals surface area contributed by atoms with Gasteiger partial charge in [0.05, 0.1) is 24.4 Å². The van der Waals surface area contributed by atoms with Gasteiger partial charge in [-0.15, -0.1) is 0 Å². The van der Waals surface area contributed by atoms with Gasteiger partial charge in [-0.25, -0.2) is 9.97 Å². The van der Waals surface area contributed by atoms with Crippen molar-refractivity contribution >= 4 is 11.6 Å². The number of carbonyl (C=O) groups excluding carboxylic acids is 1. The topological polar surface area (TPSA) is 80.0 Å². The van der Waals surface area contributed by atoms with Crippen molar-refractivity contribution in [1.82, 2.24) is 15.3 Å². The predicted molar refractivity (Wildman–Crippen MR) is 75.5 cm³/mol. The van der Waals surface area contributed by atoms with Crippen LogP contribution in [0.2, 0.25) is 0 Å². The maximum absolute atomic E-state index is 12.2. The minimum absolute atomic E-state index is 0.168. The molecular weight excluding hydrogens is 256 g/mol. The Hall–Kier alpha value is -2.37. The molecule has 6 heteroatoms. The molecule has 2 N–H and O–H groups in total. The normalized spacial score (nSPS) is 10.6. The van der Waals surface area contributed by atoms with Crippen LogP contribution in [-0.4, -0.2) is 22.9 Å². The summed E-state index contributed by atoms with van der Waals surface area (Å²) in [6, 6.07) is 1.80. The molecule has 0 aliphatic carbocycles. The van der Waals surface area contributed by atoms with Gasteiger partial charge >= 0.3 is 0 Å². The van der Waals surface area contributed by atoms with Crippen molar-refractivity contribution in [2.75, 3.05) is 12.4 Å². The molecule has 2 rings (SSSR count). The number of nitrogens with one attached hydrogen (secondary N) is 2. The Morgan fingerprint density at radius 3 is 2.85 bits per heavy atom. The minimum atomic E-state index is -0.236. The van der Waals surface area contributed by atoms with Gasteiger partial charge in [0, 0.05) is 25.1 Å². The lowest BCUT2D eigenvalue weighted by Crippen LogP contribution is -2.25. The van der Waals surface area contributed by atoms with Gasteiger partial charge in [0.1, 0.15) is 5.82 Å². The van der Waals surface area contributed by atoms with Crippen molar-refractivity contribution in [2.45, 2.75) is 26.3 Å². The molecule has 2 heterocycles. The van der Waals surface area contributed by atoms with Gasteiger partial charge in [-0.2, -0.15) is 0 Å². The van der Waals surface area contributed by atoms with E-state index in [-0.39, 0.29) is 11.8 Å². The molecule has 0 aromatic carbocycles. The summed E-state index contributed by atoms with van der Waals surface area (Å²) >= 11 is 0. The summed E-state index contributed by atoms with van der Waals surface area (Å²) in [7, 11) is 1.74. The Morgan fingerprint density at radius 1 is 1.45 bits per heavy atom. The van der Waals surface area contributed by atoms with Gasteiger partial charge in [-0.1, -0.05) is 13.8 Å². The molecule has 20 heavy (non-hydrogen) atoms. The highest BCUT2D eigenvalue weighted by atomic mass is 16.3. The molecule has 2 aromatic rings. The molecule has 0 aliphatic rings. The van der Waals surface area contributed by atoms with Crippen molar-refractivity contribution in [3.8, 4) is 0 Å². The zero-order valence-electron chi connectivity index (χ0n) is 11.8. The van der Waals surface area contributed by atoms with E-state index >= 15 is 0 Å². The number of nitrogens with zero attached hydrogens (tertiary/aromatic N) is 2. The molecule has 0 radical (unpaired) electrons. The maximum atomic E-state index is 12.2. The number of aromatic nitrogens is 2. The number of anilines is 1. The molecule has 0 spiro atoms. The quantitative estimate of drug-likeness (QED) is 0.873. The second-order valence-corrected chi connectivity index (χ2v) is 4.71. The van der Waals surface area contributed by atoms with E-state index in [0.717, 1.165) is 5.56 Å². The fourth-order valence-corrected chi connectivity index (χ4v) is 1.69. The van der Waals surface area contributed by atoms with Crippen LogP contribution in [0.4, 0.5) is 5.69 Å². The third-order valence-corrected chi connectivity index (χ3v) is 2.84. The van der Waals surface area contributed by atoms with E-state index < -0.39 is 0 Å². The van der Waals surface area contributed by atoms with E-state index in [4.69, 9.17) is 4.42 Å². The van der Waals surface area contributed by atoms with Crippen molar-refractivity contribution in [1.29, 1.82) is 0 Å². The van der Waals surface area contributed by atoms with Crippen molar-refractivity contribution < 1.29 is 9.21 Å². The average Bonchev–Trinajstić information content (AvgIpc) is 2.97. The monoisotopic (exact) mass is 274 g/mol. The molecule has 0 saturated carbocycles. The molecule has 6 nitrogen and oxygen atoms in total. The highest BCUT2D eigenvalue weighted by Gasteiger charge is 2.15. The van der Waals surface area contributed by atoms with Crippen molar-refractivity contribution in [3.05, 3.63) is 41.9 Å². The fourth-order valence-electron chi connectivity index (χ4n) is 1.69. The first-order valence-electron chi connectivity index (χ1n) is 6.45. The van der Waals surface area contributed by atoms with Crippen molar-refractivity contribution in [2.24, 2.45) is 0 Å². The van der Waals surface area contributed by atoms with E-state index in [0.29, 0.717) is 23.8 Å². The molecule has 0 atom stereocenters. The summed E-state index contributed by atoms with van der Waals surface area (Å²) in [5.41, 5.74) is 1.87. The van der Waals surface area contributed by atoms with Crippen LogP contribution in [0.15, 0.2) is 29.2 Å². The summed E-state index contributed by atoms with van der Waals surface area (Å²) in [6.45, 7) is 4.38. The summed E-state index contributed by atoms with van der Waals surface area (Å²) in [5, 5.41) is 5.74. The number of rotatable bonds is 5. The van der Waals surface area contributed by atoms with E-state index in [1.54, 1.807) is 31.8 Å². The zero-order chi connectivity index (χ0) is 14.5. The second kappa shape index (κ2) is 6.18. The number of amides is 1. The van der Waals surface area contributed by atoms with Gasteiger partial charge in [0.25, 0.3) is 5.91 Å². The van der Waals surface area contributed by atoms with Crippen LogP contribution in [0.25, 0.3) is 0 Å². The zero-order valence-corrected chi connectivity index (χ0v) is 11.8. The largest absolute Gasteiger partial charge is 0.472 e. The lowest BCUT2D eigenvalue weighted by Gasteiger charge is -2.11. The second-order valence-electron chi connectivity index (χ2n) is 4.71. The molecule has 2 aromatic heterocycles. The Kier molecular flexibility index (Phi) is 4.34. The van der Waals surface area contributed by atoms with Crippen LogP contribution in [0.1, 0.15) is 41.6 Å². The number of furan rings is 1. The number of carbonyl (C=O) groups is 1. The van der Waals surface area contributed by atoms with Crippen LogP contribution in [0.3, 0.4) is 0 Å². The first-order valence-corrected chi connectivity index (χ1v) is 6.45. The molecule has 0 unspecified atom stereocenters. The first kappa shape index (κ1) is 14.0. The SMILES string of the molecule is CNc1cnc(C(C)C)nc1C(=O)NCc1ccoc1. The molecule has 0 fully saturated rings.